The molecule has 1 saturated heterocycles. The molecule has 0 radical (unpaired) electrons. The van der Waals surface area contributed by atoms with Crippen LogP contribution in [0.4, 0.5) is 16.2 Å². The SMILES string of the molecule is Cc1ccc(OCC(=O)N2CCN(c3nc(N)nc4ccc(-c5ccc(F)cc5)nc34)CC2)cc1. The normalized spacial score (nSPS) is 13.8. The molecule has 1 fully saturated rings. The predicted molar refractivity (Wildman–Crippen MR) is 133 cm³/mol. The first-order valence-corrected chi connectivity index (χ1v) is 11.4. The smallest absolute Gasteiger partial charge is 0.260 e. The molecule has 1 aliphatic heterocycles. The Bertz CT molecular complexity index is 1350. The van der Waals surface area contributed by atoms with E-state index in [0.29, 0.717) is 54.5 Å². The average molecular weight is 473 g/mol. The number of nitrogens with two attached hydrogens (primary N) is 1. The summed E-state index contributed by atoms with van der Waals surface area (Å²) < 4.78 is 19.0. The van der Waals surface area contributed by atoms with Crippen LogP contribution in [0.3, 0.4) is 0 Å². The van der Waals surface area contributed by atoms with Crippen molar-refractivity contribution in [1.29, 1.82) is 0 Å². The first-order valence-electron chi connectivity index (χ1n) is 11.4. The largest absolute Gasteiger partial charge is 0.484 e. The molecule has 0 spiro atoms. The Kier molecular flexibility index (Phi) is 6.13. The second-order valence-corrected chi connectivity index (χ2v) is 8.45. The molecule has 2 aromatic heterocycles. The summed E-state index contributed by atoms with van der Waals surface area (Å²) in [6, 6.07) is 17.5. The first-order chi connectivity index (χ1) is 17.0. The van der Waals surface area contributed by atoms with E-state index in [2.05, 4.69) is 14.9 Å². The van der Waals surface area contributed by atoms with Gasteiger partial charge < -0.3 is 20.3 Å². The second kappa shape index (κ2) is 9.54. The molecular weight excluding hydrogens is 447 g/mol. The number of rotatable bonds is 5. The molecule has 0 bridgehead atoms. The van der Waals surface area contributed by atoms with Crippen molar-refractivity contribution in [2.45, 2.75) is 6.92 Å². The molecular formula is C26H25FN6O2. The highest BCUT2D eigenvalue weighted by Crippen LogP contribution is 2.27. The zero-order valence-electron chi connectivity index (χ0n) is 19.3. The molecule has 0 aliphatic carbocycles. The van der Waals surface area contributed by atoms with E-state index in [-0.39, 0.29) is 24.3 Å². The number of halogens is 1. The number of benzene rings is 2. The van der Waals surface area contributed by atoms with Gasteiger partial charge in [0.25, 0.3) is 5.91 Å². The lowest BCUT2D eigenvalue weighted by Crippen LogP contribution is -2.50. The van der Waals surface area contributed by atoms with Crippen LogP contribution in [0.2, 0.25) is 0 Å². The van der Waals surface area contributed by atoms with Crippen molar-refractivity contribution in [3.05, 3.63) is 72.0 Å². The number of carbonyl (C=O) groups excluding carboxylic acids is 1. The van der Waals surface area contributed by atoms with E-state index in [1.807, 2.05) is 43.3 Å². The highest BCUT2D eigenvalue weighted by atomic mass is 19.1. The third-order valence-corrected chi connectivity index (χ3v) is 6.00. The number of pyridine rings is 1. The van der Waals surface area contributed by atoms with Crippen LogP contribution < -0.4 is 15.4 Å². The lowest BCUT2D eigenvalue weighted by Gasteiger charge is -2.35. The minimum absolute atomic E-state index is 0.00493. The number of piperazine rings is 1. The summed E-state index contributed by atoms with van der Waals surface area (Å²) in [6.07, 6.45) is 0. The fourth-order valence-electron chi connectivity index (χ4n) is 4.06. The Labute approximate surface area is 202 Å². The number of aryl methyl sites for hydroxylation is 1. The van der Waals surface area contributed by atoms with Crippen LogP contribution in [0.25, 0.3) is 22.3 Å². The minimum atomic E-state index is -0.303. The summed E-state index contributed by atoms with van der Waals surface area (Å²) in [4.78, 5) is 30.1. The Morgan fingerprint density at radius 1 is 0.943 bits per heavy atom. The number of nitrogen functional groups attached to an aromatic ring is 1. The molecule has 0 unspecified atom stereocenters. The topological polar surface area (TPSA) is 97.5 Å². The van der Waals surface area contributed by atoms with Gasteiger partial charge in [0, 0.05) is 31.7 Å². The van der Waals surface area contributed by atoms with Crippen LogP contribution >= 0.6 is 0 Å². The fraction of sp³-hybridized carbons (Fsp3) is 0.231. The molecule has 0 saturated carbocycles. The van der Waals surface area contributed by atoms with E-state index in [1.165, 1.54) is 12.1 Å². The summed E-state index contributed by atoms with van der Waals surface area (Å²) in [5.41, 5.74) is 9.84. The second-order valence-electron chi connectivity index (χ2n) is 8.45. The fourth-order valence-corrected chi connectivity index (χ4v) is 4.06. The number of fused-ring (bicyclic) bond motifs is 1. The lowest BCUT2D eigenvalue weighted by molar-refractivity contribution is -0.133. The van der Waals surface area contributed by atoms with Crippen LogP contribution in [0.1, 0.15) is 5.56 Å². The van der Waals surface area contributed by atoms with Crippen LogP contribution in [0.15, 0.2) is 60.7 Å². The lowest BCUT2D eigenvalue weighted by atomic mass is 10.1. The molecule has 5 rings (SSSR count). The number of ether oxygens (including phenoxy) is 1. The van der Waals surface area contributed by atoms with Gasteiger partial charge in [0.15, 0.2) is 12.4 Å². The van der Waals surface area contributed by atoms with E-state index in [0.717, 1.165) is 11.1 Å². The van der Waals surface area contributed by atoms with Gasteiger partial charge in [-0.15, -0.1) is 0 Å². The number of anilines is 2. The summed E-state index contributed by atoms with van der Waals surface area (Å²) in [7, 11) is 0. The first kappa shape index (κ1) is 22.5. The van der Waals surface area contributed by atoms with Gasteiger partial charge in [-0.05, 0) is 55.5 Å². The third kappa shape index (κ3) is 4.98. The molecule has 8 nitrogen and oxygen atoms in total. The number of carbonyl (C=O) groups is 1. The van der Waals surface area contributed by atoms with Crippen molar-refractivity contribution >= 4 is 28.7 Å². The quantitative estimate of drug-likeness (QED) is 0.475. The van der Waals surface area contributed by atoms with E-state index < -0.39 is 0 Å². The summed E-state index contributed by atoms with van der Waals surface area (Å²) in [5, 5.41) is 0. The van der Waals surface area contributed by atoms with Crippen molar-refractivity contribution in [2.24, 2.45) is 0 Å². The number of aromatic nitrogens is 3. The van der Waals surface area contributed by atoms with Crippen molar-refractivity contribution in [3.63, 3.8) is 0 Å². The summed E-state index contributed by atoms with van der Waals surface area (Å²) >= 11 is 0. The molecule has 2 aromatic carbocycles. The van der Waals surface area contributed by atoms with Gasteiger partial charge in [0.05, 0.1) is 11.2 Å². The number of hydrogen-bond acceptors (Lipinski definition) is 7. The van der Waals surface area contributed by atoms with Gasteiger partial charge in [-0.1, -0.05) is 17.7 Å². The maximum atomic E-state index is 13.3. The highest BCUT2D eigenvalue weighted by Gasteiger charge is 2.24. The Balaban J connectivity index is 1.30. The highest BCUT2D eigenvalue weighted by molar-refractivity contribution is 5.89. The summed E-state index contributed by atoms with van der Waals surface area (Å²) in [6.45, 7) is 4.20. The maximum Gasteiger partial charge on any atom is 0.260 e. The number of amides is 1. The van der Waals surface area contributed by atoms with Crippen molar-refractivity contribution in [3.8, 4) is 17.0 Å². The molecule has 1 amide bonds. The monoisotopic (exact) mass is 472 g/mol. The van der Waals surface area contributed by atoms with E-state index >= 15 is 0 Å². The van der Waals surface area contributed by atoms with Crippen molar-refractivity contribution in [2.75, 3.05) is 43.4 Å². The van der Waals surface area contributed by atoms with Gasteiger partial charge in [-0.25, -0.2) is 14.4 Å². The van der Waals surface area contributed by atoms with Gasteiger partial charge in [0.2, 0.25) is 5.95 Å². The predicted octanol–water partition coefficient (Wildman–Crippen LogP) is 3.45. The van der Waals surface area contributed by atoms with Crippen LogP contribution in [0.5, 0.6) is 5.75 Å². The zero-order chi connectivity index (χ0) is 24.4. The zero-order valence-corrected chi connectivity index (χ0v) is 19.3. The Hall–Kier alpha value is -4.27. The van der Waals surface area contributed by atoms with Gasteiger partial charge in [-0.3, -0.25) is 4.79 Å². The van der Waals surface area contributed by atoms with Crippen LogP contribution in [-0.4, -0.2) is 58.5 Å². The standard InChI is InChI=1S/C26H25FN6O2/c1-17-2-8-20(9-3-17)35-16-23(34)32-12-14-33(15-13-32)25-24-22(30-26(28)31-25)11-10-21(29-24)18-4-6-19(27)7-5-18/h2-11H,12-16H2,1H3,(H2,28,30,31). The molecule has 178 valence electrons. The van der Waals surface area contributed by atoms with Crippen molar-refractivity contribution in [1.82, 2.24) is 19.9 Å². The summed E-state index contributed by atoms with van der Waals surface area (Å²) in [5.74, 6) is 1.10. The molecule has 4 aromatic rings. The number of hydrogen-bond donors (Lipinski definition) is 1. The van der Waals surface area contributed by atoms with E-state index in [4.69, 9.17) is 15.5 Å². The van der Waals surface area contributed by atoms with Gasteiger partial charge in [-0.2, -0.15) is 4.98 Å². The molecule has 3 heterocycles. The van der Waals surface area contributed by atoms with Gasteiger partial charge in [0.1, 0.15) is 17.1 Å². The van der Waals surface area contributed by atoms with Crippen LogP contribution in [0, 0.1) is 12.7 Å². The van der Waals surface area contributed by atoms with Gasteiger partial charge >= 0.3 is 0 Å². The number of nitrogens with zero attached hydrogens (tertiary/aromatic N) is 5. The average Bonchev–Trinajstić information content (AvgIpc) is 2.88. The third-order valence-electron chi connectivity index (χ3n) is 6.00. The van der Waals surface area contributed by atoms with Crippen LogP contribution in [-0.2, 0) is 4.79 Å². The molecule has 35 heavy (non-hydrogen) atoms. The van der Waals surface area contributed by atoms with Crippen molar-refractivity contribution < 1.29 is 13.9 Å². The molecule has 0 atom stereocenters. The molecule has 2 N–H and O–H groups in total. The van der Waals surface area contributed by atoms with E-state index in [9.17, 15) is 9.18 Å². The molecule has 1 aliphatic rings. The Morgan fingerprint density at radius 3 is 2.37 bits per heavy atom. The Morgan fingerprint density at radius 2 is 1.66 bits per heavy atom. The van der Waals surface area contributed by atoms with E-state index in [1.54, 1.807) is 17.0 Å². The maximum absolute atomic E-state index is 13.3. The molecule has 9 heteroatoms. The minimum Gasteiger partial charge on any atom is -0.484 e.